The molecule has 0 unspecified atom stereocenters. The van der Waals surface area contributed by atoms with Crippen molar-refractivity contribution in [3.8, 4) is 0 Å². The number of piperidine rings is 1. The van der Waals surface area contributed by atoms with Gasteiger partial charge in [-0.15, -0.1) is 0 Å². The number of hydrogen-bond acceptors (Lipinski definition) is 1. The fourth-order valence-corrected chi connectivity index (χ4v) is 4.00. The summed E-state index contributed by atoms with van der Waals surface area (Å²) in [4.78, 5) is 18.2. The predicted molar refractivity (Wildman–Crippen MR) is 99.6 cm³/mol. The van der Waals surface area contributed by atoms with Crippen molar-refractivity contribution in [2.75, 3.05) is 13.1 Å². The van der Waals surface area contributed by atoms with Crippen LogP contribution in [0, 0.1) is 12.8 Å². The lowest BCUT2D eigenvalue weighted by atomic mass is 9.98. The fraction of sp³-hybridized carbons (Fsp3) is 0.381. The van der Waals surface area contributed by atoms with Gasteiger partial charge in [0.1, 0.15) is 6.54 Å². The monoisotopic (exact) mass is 321 g/mol. The summed E-state index contributed by atoms with van der Waals surface area (Å²) in [6.45, 7) is 7.57. The van der Waals surface area contributed by atoms with Gasteiger partial charge in [-0.1, -0.05) is 37.3 Å². The lowest BCUT2D eigenvalue weighted by molar-refractivity contribution is -0.919. The Hall–Kier alpha value is -2.13. The zero-order valence-electron chi connectivity index (χ0n) is 14.5. The number of pyridine rings is 1. The average molecular weight is 321 g/mol. The van der Waals surface area contributed by atoms with Crippen LogP contribution in [0.2, 0.25) is 0 Å². The van der Waals surface area contributed by atoms with Crippen LogP contribution in [0.25, 0.3) is 21.7 Å². The highest BCUT2D eigenvalue weighted by molar-refractivity contribution is 6.05. The number of benzene rings is 2. The normalized spacial score (nSPS) is 21.4. The highest BCUT2D eigenvalue weighted by atomic mass is 16.1. The van der Waals surface area contributed by atoms with Gasteiger partial charge in [0.25, 0.3) is 0 Å². The third kappa shape index (κ3) is 2.63. The minimum atomic E-state index is 0.207. The summed E-state index contributed by atoms with van der Waals surface area (Å²) in [6.07, 6.45) is 2.54. The third-order valence-electron chi connectivity index (χ3n) is 5.62. The lowest BCUT2D eigenvalue weighted by Crippen LogP contribution is -3.12. The zero-order valence-corrected chi connectivity index (χ0v) is 14.5. The Bertz CT molecular complexity index is 949. The van der Waals surface area contributed by atoms with Crippen molar-refractivity contribution in [2.24, 2.45) is 5.92 Å². The third-order valence-corrected chi connectivity index (χ3v) is 5.62. The number of rotatable bonds is 2. The molecule has 2 aromatic carbocycles. The minimum absolute atomic E-state index is 0.207. The Kier molecular flexibility index (Phi) is 3.89. The molecule has 0 spiro atoms. The van der Waals surface area contributed by atoms with Crippen molar-refractivity contribution in [3.05, 3.63) is 57.9 Å². The highest BCUT2D eigenvalue weighted by Gasteiger charge is 2.22. The van der Waals surface area contributed by atoms with E-state index in [9.17, 15) is 4.79 Å². The molecular weight excluding hydrogens is 296 g/mol. The van der Waals surface area contributed by atoms with E-state index in [-0.39, 0.29) is 5.43 Å². The number of likely N-dealkylation sites (tertiary alicyclic amines) is 1. The Morgan fingerprint density at radius 3 is 2.62 bits per heavy atom. The maximum Gasteiger partial charge on any atom is 0.198 e. The van der Waals surface area contributed by atoms with Crippen molar-refractivity contribution < 1.29 is 4.90 Å². The highest BCUT2D eigenvalue weighted by Crippen LogP contribution is 2.22. The molecule has 0 atom stereocenters. The number of H-pyrrole nitrogens is 1. The fourth-order valence-electron chi connectivity index (χ4n) is 4.00. The molecule has 0 radical (unpaired) electrons. The number of hydrogen-bond donors (Lipinski definition) is 2. The Balaban J connectivity index is 1.80. The van der Waals surface area contributed by atoms with Gasteiger partial charge in [-0.3, -0.25) is 4.79 Å². The van der Waals surface area contributed by atoms with Crippen LogP contribution in [0.4, 0.5) is 0 Å². The SMILES string of the molecule is Cc1[nH]c2c(ccc3ccccc32)c(=O)c1C[NH+]1CCC(C)CC1. The van der Waals surface area contributed by atoms with Crippen LogP contribution in [0.1, 0.15) is 31.0 Å². The van der Waals surface area contributed by atoms with E-state index >= 15 is 0 Å². The number of nitrogens with one attached hydrogen (secondary N) is 2. The van der Waals surface area contributed by atoms with E-state index in [4.69, 9.17) is 0 Å². The van der Waals surface area contributed by atoms with Crippen molar-refractivity contribution in [1.82, 2.24) is 4.98 Å². The standard InChI is InChI=1S/C21H24N2O/c1-14-9-11-23(12-10-14)13-19-15(2)22-20-17-6-4-3-5-16(17)7-8-18(20)21(19)24/h3-8,14H,9-13H2,1-2H3,(H,22,24)/p+1. The van der Waals surface area contributed by atoms with Crippen LogP contribution >= 0.6 is 0 Å². The molecule has 0 aliphatic carbocycles. The van der Waals surface area contributed by atoms with Gasteiger partial charge in [0.15, 0.2) is 5.43 Å². The molecule has 2 heterocycles. The van der Waals surface area contributed by atoms with Gasteiger partial charge in [0, 0.05) is 16.5 Å². The van der Waals surface area contributed by atoms with E-state index in [0.29, 0.717) is 0 Å². The number of aromatic amines is 1. The Morgan fingerprint density at radius 1 is 1.08 bits per heavy atom. The van der Waals surface area contributed by atoms with E-state index in [0.717, 1.165) is 40.0 Å². The van der Waals surface area contributed by atoms with Crippen molar-refractivity contribution >= 4 is 21.7 Å². The molecule has 0 amide bonds. The van der Waals surface area contributed by atoms with Crippen LogP contribution < -0.4 is 10.3 Å². The van der Waals surface area contributed by atoms with Crippen molar-refractivity contribution in [3.63, 3.8) is 0 Å². The van der Waals surface area contributed by atoms with Gasteiger partial charge in [-0.2, -0.15) is 0 Å². The first-order chi connectivity index (χ1) is 11.6. The minimum Gasteiger partial charge on any atom is -0.357 e. The van der Waals surface area contributed by atoms with Crippen molar-refractivity contribution in [2.45, 2.75) is 33.2 Å². The number of fused-ring (bicyclic) bond motifs is 3. The number of aromatic nitrogens is 1. The van der Waals surface area contributed by atoms with Gasteiger partial charge >= 0.3 is 0 Å². The molecule has 1 fully saturated rings. The van der Waals surface area contributed by atoms with Gasteiger partial charge < -0.3 is 9.88 Å². The zero-order chi connectivity index (χ0) is 16.7. The summed E-state index contributed by atoms with van der Waals surface area (Å²) in [5.74, 6) is 0.830. The van der Waals surface area contributed by atoms with Crippen LogP contribution in [0.5, 0.6) is 0 Å². The molecule has 3 nitrogen and oxygen atoms in total. The molecule has 1 aliphatic heterocycles. The number of quaternary nitrogens is 1. The predicted octanol–water partition coefficient (Wildman–Crippen LogP) is 2.80. The van der Waals surface area contributed by atoms with Crippen LogP contribution in [0.15, 0.2) is 41.2 Å². The molecule has 0 bridgehead atoms. The lowest BCUT2D eigenvalue weighted by Gasteiger charge is -2.27. The second kappa shape index (κ2) is 6.06. The van der Waals surface area contributed by atoms with Gasteiger partial charge in [0.2, 0.25) is 0 Å². The summed E-state index contributed by atoms with van der Waals surface area (Å²) >= 11 is 0. The molecule has 2 N–H and O–H groups in total. The van der Waals surface area contributed by atoms with Crippen LogP contribution in [0.3, 0.4) is 0 Å². The van der Waals surface area contributed by atoms with E-state index < -0.39 is 0 Å². The van der Waals surface area contributed by atoms with E-state index in [1.165, 1.54) is 31.3 Å². The smallest absolute Gasteiger partial charge is 0.198 e. The van der Waals surface area contributed by atoms with Gasteiger partial charge in [-0.05, 0) is 37.1 Å². The molecule has 3 aromatic rings. The molecule has 4 rings (SSSR count). The summed E-state index contributed by atoms with van der Waals surface area (Å²) in [6, 6.07) is 12.3. The molecule has 1 saturated heterocycles. The molecule has 0 saturated carbocycles. The molecule has 1 aromatic heterocycles. The van der Waals surface area contributed by atoms with E-state index in [1.807, 2.05) is 25.1 Å². The molecule has 124 valence electrons. The Morgan fingerprint density at radius 2 is 1.83 bits per heavy atom. The quantitative estimate of drug-likeness (QED) is 0.700. The average Bonchev–Trinajstić information content (AvgIpc) is 2.60. The first-order valence-corrected chi connectivity index (χ1v) is 9.00. The van der Waals surface area contributed by atoms with Crippen molar-refractivity contribution in [1.29, 1.82) is 0 Å². The molecule has 3 heteroatoms. The van der Waals surface area contributed by atoms with Crippen LogP contribution in [-0.2, 0) is 6.54 Å². The van der Waals surface area contributed by atoms with Gasteiger partial charge in [0.05, 0.1) is 24.2 Å². The second-order valence-corrected chi connectivity index (χ2v) is 7.38. The summed E-state index contributed by atoms with van der Waals surface area (Å²) in [5, 5.41) is 3.11. The summed E-state index contributed by atoms with van der Waals surface area (Å²) in [5.41, 5.74) is 3.16. The summed E-state index contributed by atoms with van der Waals surface area (Å²) < 4.78 is 0. The maximum absolute atomic E-state index is 13.1. The number of aryl methyl sites for hydroxylation is 1. The molecule has 1 aliphatic rings. The van der Waals surface area contributed by atoms with Gasteiger partial charge in [-0.25, -0.2) is 0 Å². The molecule has 24 heavy (non-hydrogen) atoms. The second-order valence-electron chi connectivity index (χ2n) is 7.38. The van der Waals surface area contributed by atoms with E-state index in [1.54, 1.807) is 4.90 Å². The van der Waals surface area contributed by atoms with E-state index in [2.05, 4.69) is 30.1 Å². The summed E-state index contributed by atoms with van der Waals surface area (Å²) in [7, 11) is 0. The first kappa shape index (κ1) is 15.4. The Labute approximate surface area is 142 Å². The molecular formula is C21H25N2O+. The topological polar surface area (TPSA) is 37.3 Å². The first-order valence-electron chi connectivity index (χ1n) is 9.00. The van der Waals surface area contributed by atoms with Crippen LogP contribution in [-0.4, -0.2) is 18.1 Å². The largest absolute Gasteiger partial charge is 0.357 e. The maximum atomic E-state index is 13.1.